The highest BCUT2D eigenvalue weighted by Gasteiger charge is 2.19. The highest BCUT2D eigenvalue weighted by Crippen LogP contribution is 2.17. The zero-order valence-electron chi connectivity index (χ0n) is 10.6. The van der Waals surface area contributed by atoms with Gasteiger partial charge in [0.1, 0.15) is 0 Å². The molecule has 1 aromatic heterocycles. The molecule has 0 aliphatic carbocycles. The van der Waals surface area contributed by atoms with Crippen molar-refractivity contribution in [2.75, 3.05) is 7.05 Å². The van der Waals surface area contributed by atoms with Crippen molar-refractivity contribution >= 4 is 50.5 Å². The molecule has 108 valence electrons. The van der Waals surface area contributed by atoms with Crippen molar-refractivity contribution in [1.29, 1.82) is 0 Å². The maximum atomic E-state index is 11.7. The molecule has 0 aliphatic heterocycles. The average Bonchev–Trinajstić information content (AvgIpc) is 2.41. The number of ketones is 1. The summed E-state index contributed by atoms with van der Waals surface area (Å²) in [4.78, 5) is 15.5. The molecule has 1 rings (SSSR count). The second kappa shape index (κ2) is 15.5. The van der Waals surface area contributed by atoms with Gasteiger partial charge in [0.05, 0.1) is 4.83 Å². The quantitative estimate of drug-likeness (QED) is 0.500. The first-order chi connectivity index (χ1) is 8.54. The molecule has 1 aromatic rings. The molecule has 1 atom stereocenters. The summed E-state index contributed by atoms with van der Waals surface area (Å²) in [5.41, 5.74) is 5.21. The zero-order chi connectivity index (χ0) is 14.6. The first kappa shape index (κ1) is 23.6. The maximum absolute atomic E-state index is 11.7. The van der Waals surface area contributed by atoms with E-state index >= 15 is 0 Å². The third-order valence-electron chi connectivity index (χ3n) is 1.80. The van der Waals surface area contributed by atoms with Crippen molar-refractivity contribution in [3.05, 3.63) is 30.1 Å². The van der Waals surface area contributed by atoms with Gasteiger partial charge < -0.3 is 5.73 Å². The third-order valence-corrected chi connectivity index (χ3v) is 3.27. The molecule has 6 heteroatoms. The molecular weight excluding hydrogens is 344 g/mol. The van der Waals surface area contributed by atoms with Gasteiger partial charge in [0.15, 0.2) is 5.78 Å². The fourth-order valence-electron chi connectivity index (χ4n) is 0.978. The number of alkyl halides is 1. The van der Waals surface area contributed by atoms with Crippen LogP contribution in [-0.2, 0) is 0 Å². The van der Waals surface area contributed by atoms with Crippen LogP contribution in [0.5, 0.6) is 0 Å². The van der Waals surface area contributed by atoms with Crippen LogP contribution in [0.25, 0.3) is 0 Å². The lowest BCUT2D eigenvalue weighted by Crippen LogP contribution is -2.19. The summed E-state index contributed by atoms with van der Waals surface area (Å²) in [6.07, 6.45) is 3.26. The average molecular weight is 365 g/mol. The fourth-order valence-corrected chi connectivity index (χ4v) is 1.24. The molecule has 0 saturated heterocycles. The van der Waals surface area contributed by atoms with Crippen molar-refractivity contribution in [1.82, 2.24) is 4.98 Å². The number of Topliss-reactive ketones (excluding diaryl/α,β-unsaturated/α-hetero) is 1. The number of hydrogen-bond acceptors (Lipinski definition) is 5. The van der Waals surface area contributed by atoms with Crippen molar-refractivity contribution in [3.63, 3.8) is 0 Å². The summed E-state index contributed by atoms with van der Waals surface area (Å²) in [5.74, 6) is 0.429. The molecular formula is C13H21BrN2OS2. The second-order valence-electron chi connectivity index (χ2n) is 3.33. The Labute approximate surface area is 135 Å². The van der Waals surface area contributed by atoms with E-state index in [1.807, 2.05) is 18.2 Å². The van der Waals surface area contributed by atoms with E-state index in [0.29, 0.717) is 11.5 Å². The number of hydrogen-bond donors (Lipinski definition) is 1. The van der Waals surface area contributed by atoms with Crippen molar-refractivity contribution in [2.45, 2.75) is 26.1 Å². The number of carbonyl (C=O) groups is 1. The predicted octanol–water partition coefficient (Wildman–Crippen LogP) is 3.91. The van der Waals surface area contributed by atoms with E-state index in [2.05, 4.69) is 51.1 Å². The van der Waals surface area contributed by atoms with E-state index in [9.17, 15) is 4.79 Å². The van der Waals surface area contributed by atoms with E-state index < -0.39 is 0 Å². The molecule has 0 spiro atoms. The van der Waals surface area contributed by atoms with Crippen molar-refractivity contribution in [3.8, 4) is 0 Å². The summed E-state index contributed by atoms with van der Waals surface area (Å²) >= 11 is 11.3. The molecule has 3 nitrogen and oxygen atoms in total. The van der Waals surface area contributed by atoms with Gasteiger partial charge >= 0.3 is 0 Å². The number of thiocarbonyl (C=S) groups is 2. The number of halogens is 1. The van der Waals surface area contributed by atoms with E-state index in [1.165, 1.54) is 7.05 Å². The molecule has 0 amide bonds. The summed E-state index contributed by atoms with van der Waals surface area (Å²) in [7, 11) is 1.50. The summed E-state index contributed by atoms with van der Waals surface area (Å²) in [6, 6.07) is 3.47. The molecule has 0 bridgehead atoms. The van der Waals surface area contributed by atoms with Crippen LogP contribution in [0.2, 0.25) is 0 Å². The van der Waals surface area contributed by atoms with Crippen molar-refractivity contribution in [2.24, 2.45) is 11.7 Å². The Bertz CT molecular complexity index is 366. The van der Waals surface area contributed by atoms with Gasteiger partial charge in [-0.25, -0.2) is 0 Å². The van der Waals surface area contributed by atoms with Gasteiger partial charge in [-0.05, 0) is 49.5 Å². The second-order valence-corrected chi connectivity index (χ2v) is 4.98. The zero-order valence-corrected chi connectivity index (χ0v) is 13.8. The summed E-state index contributed by atoms with van der Waals surface area (Å²) in [6.45, 7) is 4.02. The predicted molar refractivity (Wildman–Crippen MR) is 93.2 cm³/mol. The minimum absolute atomic E-state index is 0. The van der Waals surface area contributed by atoms with Crippen LogP contribution in [0.4, 0.5) is 0 Å². The minimum Gasteiger partial charge on any atom is -0.333 e. The SMILES string of the molecule is C.CC(C)C(Br)C(=O)c1ccncc1.CN.S=C=S. The first-order valence-electron chi connectivity index (χ1n) is 5.20. The Morgan fingerprint density at radius 2 is 1.68 bits per heavy atom. The Morgan fingerprint density at radius 1 is 1.32 bits per heavy atom. The lowest BCUT2D eigenvalue weighted by molar-refractivity contribution is 0.0978. The Kier molecular flexibility index (Phi) is 19.3. The van der Waals surface area contributed by atoms with Crippen molar-refractivity contribution < 1.29 is 4.79 Å². The van der Waals surface area contributed by atoms with Gasteiger partial charge in [-0.3, -0.25) is 9.78 Å². The molecule has 0 aromatic carbocycles. The van der Waals surface area contributed by atoms with Gasteiger partial charge in [-0.15, -0.1) is 0 Å². The molecule has 2 N–H and O–H groups in total. The number of nitrogens with two attached hydrogens (primary N) is 1. The summed E-state index contributed by atoms with van der Waals surface area (Å²) < 4.78 is 1.92. The van der Waals surface area contributed by atoms with Gasteiger partial charge in [-0.2, -0.15) is 0 Å². The topological polar surface area (TPSA) is 56.0 Å². The smallest absolute Gasteiger partial charge is 0.176 e. The van der Waals surface area contributed by atoms with Crippen LogP contribution in [0.15, 0.2) is 24.5 Å². The van der Waals surface area contributed by atoms with Gasteiger partial charge in [-0.1, -0.05) is 37.2 Å². The molecule has 1 unspecified atom stereocenters. The number of nitrogens with zero attached hydrogens (tertiary/aromatic N) is 1. The first-order valence-corrected chi connectivity index (χ1v) is 6.93. The maximum Gasteiger partial charge on any atom is 0.176 e. The van der Waals surface area contributed by atoms with Gasteiger partial charge in [0.2, 0.25) is 0 Å². The Hall–Kier alpha value is -0.520. The largest absolute Gasteiger partial charge is 0.333 e. The Morgan fingerprint density at radius 3 is 2.00 bits per heavy atom. The molecule has 0 saturated carbocycles. The lowest BCUT2D eigenvalue weighted by atomic mass is 10.0. The molecule has 0 aliphatic rings. The van der Waals surface area contributed by atoms with E-state index in [-0.39, 0.29) is 18.0 Å². The van der Waals surface area contributed by atoms with Crippen LogP contribution < -0.4 is 5.73 Å². The molecule has 0 radical (unpaired) electrons. The van der Waals surface area contributed by atoms with E-state index in [1.54, 1.807) is 24.5 Å². The Balaban J connectivity index is -0.000000376. The van der Waals surface area contributed by atoms with Gasteiger partial charge in [0.25, 0.3) is 0 Å². The van der Waals surface area contributed by atoms with Gasteiger partial charge in [0, 0.05) is 22.3 Å². The van der Waals surface area contributed by atoms with Crippen LogP contribution in [0.1, 0.15) is 31.6 Å². The standard InChI is InChI=1S/C10H12BrNO.CH5N.CS2.CH4/c1-7(2)9(11)10(13)8-3-5-12-6-4-8;1-2;2-1-3;/h3-7,9H,1-2H3;2H2,1H3;;1H4. The van der Waals surface area contributed by atoms with Crippen LogP contribution in [0.3, 0.4) is 0 Å². The monoisotopic (exact) mass is 364 g/mol. The highest BCUT2D eigenvalue weighted by molar-refractivity contribution is 9.10. The van der Waals surface area contributed by atoms with Crippen LogP contribution in [-0.4, -0.2) is 27.0 Å². The number of aromatic nitrogens is 1. The molecule has 19 heavy (non-hydrogen) atoms. The lowest BCUT2D eigenvalue weighted by Gasteiger charge is -2.11. The van der Waals surface area contributed by atoms with E-state index in [4.69, 9.17) is 0 Å². The number of pyridine rings is 1. The third kappa shape index (κ3) is 11.0. The minimum atomic E-state index is -0.102. The number of carbonyl (C=O) groups excluding carboxylic acids is 1. The number of rotatable bonds is 3. The van der Waals surface area contributed by atoms with Crippen LogP contribution >= 0.6 is 40.4 Å². The highest BCUT2D eigenvalue weighted by atomic mass is 79.9. The molecule has 0 fully saturated rings. The van der Waals surface area contributed by atoms with Crippen LogP contribution in [0, 0.1) is 5.92 Å². The van der Waals surface area contributed by atoms with E-state index in [0.717, 1.165) is 0 Å². The normalized spacial score (nSPS) is 9.58. The summed E-state index contributed by atoms with van der Waals surface area (Å²) in [5, 5.41) is 0. The fraction of sp³-hybridized carbons (Fsp3) is 0.462. The molecule has 1 heterocycles.